The molecular weight excluding hydrogens is 332 g/mol. The molecule has 0 aromatic heterocycles. The summed E-state index contributed by atoms with van der Waals surface area (Å²) >= 11 is 0. The van der Waals surface area contributed by atoms with E-state index in [2.05, 4.69) is 10.4 Å². The highest BCUT2D eigenvalue weighted by molar-refractivity contribution is 6.50. The number of aryl methyl sites for hydroxylation is 2. The highest BCUT2D eigenvalue weighted by Gasteiger charge is 2.43. The van der Waals surface area contributed by atoms with E-state index in [1.165, 1.54) is 0 Å². The van der Waals surface area contributed by atoms with Crippen molar-refractivity contribution in [1.29, 1.82) is 0 Å². The third-order valence-electron chi connectivity index (χ3n) is 4.17. The van der Waals surface area contributed by atoms with E-state index in [9.17, 15) is 14.4 Å². The quantitative estimate of drug-likeness (QED) is 0.647. The summed E-state index contributed by atoms with van der Waals surface area (Å²) in [7, 11) is 0. The van der Waals surface area contributed by atoms with Crippen LogP contribution in [0.25, 0.3) is 0 Å². The summed E-state index contributed by atoms with van der Waals surface area (Å²) in [6, 6.07) is 14.1. The minimum atomic E-state index is -1.42. The van der Waals surface area contributed by atoms with Crippen LogP contribution in [0.4, 0.5) is 11.4 Å². The standard InChI is InChI=1S/C19H18N4O3/c1-11-7-6-8-12(2)15(11)21-18(25)16(24)14-17(20)22-23(19(14)26)13-9-4-3-5-10-13/h3-10,14H,1-2H3,(H2,20,22)(H,21,25)/t14-/m0/s1. The van der Waals surface area contributed by atoms with Gasteiger partial charge in [-0.2, -0.15) is 10.1 Å². The Morgan fingerprint density at radius 2 is 1.65 bits per heavy atom. The van der Waals surface area contributed by atoms with Crippen LogP contribution in [0, 0.1) is 19.8 Å². The van der Waals surface area contributed by atoms with Gasteiger partial charge in [-0.25, -0.2) is 0 Å². The van der Waals surface area contributed by atoms with Crippen molar-refractivity contribution in [2.24, 2.45) is 16.8 Å². The maximum atomic E-state index is 12.6. The van der Waals surface area contributed by atoms with Gasteiger partial charge in [-0.1, -0.05) is 36.4 Å². The van der Waals surface area contributed by atoms with Crippen LogP contribution in [0.1, 0.15) is 11.1 Å². The summed E-state index contributed by atoms with van der Waals surface area (Å²) in [5.74, 6) is -4.08. The summed E-state index contributed by atoms with van der Waals surface area (Å²) in [5.41, 5.74) is 8.43. The number of nitrogens with one attached hydrogen (secondary N) is 1. The van der Waals surface area contributed by atoms with Crippen LogP contribution in [-0.4, -0.2) is 23.4 Å². The van der Waals surface area contributed by atoms with E-state index in [0.29, 0.717) is 11.4 Å². The molecule has 3 N–H and O–H groups in total. The Morgan fingerprint density at radius 3 is 2.27 bits per heavy atom. The van der Waals surface area contributed by atoms with Gasteiger partial charge in [-0.15, -0.1) is 0 Å². The average Bonchev–Trinajstić information content (AvgIpc) is 2.92. The summed E-state index contributed by atoms with van der Waals surface area (Å²) in [5, 5.41) is 7.57. The fraction of sp³-hybridized carbons (Fsp3) is 0.158. The van der Waals surface area contributed by atoms with Crippen LogP contribution in [0.2, 0.25) is 0 Å². The van der Waals surface area contributed by atoms with E-state index in [1.54, 1.807) is 30.3 Å². The van der Waals surface area contributed by atoms with Crippen molar-refractivity contribution in [2.75, 3.05) is 10.3 Å². The van der Waals surface area contributed by atoms with Gasteiger partial charge < -0.3 is 11.1 Å². The number of ketones is 1. The zero-order chi connectivity index (χ0) is 18.8. The van der Waals surface area contributed by atoms with Crippen LogP contribution >= 0.6 is 0 Å². The molecule has 0 saturated heterocycles. The largest absolute Gasteiger partial charge is 0.385 e. The predicted octanol–water partition coefficient (Wildman–Crippen LogP) is 1.75. The number of nitrogens with zero attached hydrogens (tertiary/aromatic N) is 2. The van der Waals surface area contributed by atoms with Gasteiger partial charge in [-0.3, -0.25) is 14.4 Å². The monoisotopic (exact) mass is 350 g/mol. The van der Waals surface area contributed by atoms with Gasteiger partial charge in [0.15, 0.2) is 5.92 Å². The lowest BCUT2D eigenvalue weighted by Crippen LogP contribution is -2.41. The Bertz CT molecular complexity index is 901. The average molecular weight is 350 g/mol. The molecule has 0 unspecified atom stereocenters. The van der Waals surface area contributed by atoms with Gasteiger partial charge in [0.25, 0.3) is 11.8 Å². The number of hydrogen-bond acceptors (Lipinski definition) is 5. The topological polar surface area (TPSA) is 105 Å². The summed E-state index contributed by atoms with van der Waals surface area (Å²) in [6.07, 6.45) is 0. The first-order valence-corrected chi connectivity index (χ1v) is 8.04. The highest BCUT2D eigenvalue weighted by Crippen LogP contribution is 2.24. The minimum absolute atomic E-state index is 0.194. The van der Waals surface area contributed by atoms with Crippen LogP contribution in [0.15, 0.2) is 53.6 Å². The maximum Gasteiger partial charge on any atom is 0.293 e. The van der Waals surface area contributed by atoms with Crippen molar-refractivity contribution in [1.82, 2.24) is 0 Å². The van der Waals surface area contributed by atoms with Crippen LogP contribution < -0.4 is 16.1 Å². The third kappa shape index (κ3) is 3.06. The zero-order valence-corrected chi connectivity index (χ0v) is 14.4. The fourth-order valence-electron chi connectivity index (χ4n) is 2.79. The van der Waals surface area contributed by atoms with Gasteiger partial charge in [0.1, 0.15) is 5.84 Å². The van der Waals surface area contributed by atoms with Crippen molar-refractivity contribution in [2.45, 2.75) is 13.8 Å². The molecule has 132 valence electrons. The Labute approximate surface area is 150 Å². The zero-order valence-electron chi connectivity index (χ0n) is 14.4. The summed E-state index contributed by atoms with van der Waals surface area (Å²) in [6.45, 7) is 3.64. The minimum Gasteiger partial charge on any atom is -0.385 e. The fourth-order valence-corrected chi connectivity index (χ4v) is 2.79. The molecule has 7 nitrogen and oxygen atoms in total. The van der Waals surface area contributed by atoms with Crippen LogP contribution in [0.3, 0.4) is 0 Å². The lowest BCUT2D eigenvalue weighted by Gasteiger charge is -2.14. The molecule has 0 radical (unpaired) electrons. The Morgan fingerprint density at radius 1 is 1.04 bits per heavy atom. The molecule has 0 saturated carbocycles. The summed E-state index contributed by atoms with van der Waals surface area (Å²) < 4.78 is 0. The van der Waals surface area contributed by atoms with E-state index in [0.717, 1.165) is 16.1 Å². The molecule has 1 aliphatic rings. The van der Waals surface area contributed by atoms with E-state index in [1.807, 2.05) is 32.0 Å². The normalized spacial score (nSPS) is 16.4. The van der Waals surface area contributed by atoms with E-state index >= 15 is 0 Å². The Hall–Kier alpha value is -3.48. The first-order chi connectivity index (χ1) is 12.4. The number of Topliss-reactive ketones (excluding diaryl/α,β-unsaturated/α-hetero) is 1. The number of rotatable bonds is 4. The van der Waals surface area contributed by atoms with E-state index in [4.69, 9.17) is 5.73 Å². The van der Waals surface area contributed by atoms with Crippen LogP contribution in [0.5, 0.6) is 0 Å². The number of nitrogens with two attached hydrogens (primary N) is 1. The number of carbonyl (C=O) groups excluding carboxylic acids is 3. The predicted molar refractivity (Wildman–Crippen MR) is 98.6 cm³/mol. The second-order valence-corrected chi connectivity index (χ2v) is 6.03. The van der Waals surface area contributed by atoms with Gasteiger partial charge in [0.2, 0.25) is 5.78 Å². The van der Waals surface area contributed by atoms with E-state index in [-0.39, 0.29) is 5.84 Å². The van der Waals surface area contributed by atoms with E-state index < -0.39 is 23.5 Å². The Balaban J connectivity index is 1.81. The molecule has 2 aromatic rings. The molecule has 7 heteroatoms. The van der Waals surface area contributed by atoms with Crippen molar-refractivity contribution in [3.8, 4) is 0 Å². The molecule has 26 heavy (non-hydrogen) atoms. The summed E-state index contributed by atoms with van der Waals surface area (Å²) in [4.78, 5) is 37.5. The number of hydrogen-bond donors (Lipinski definition) is 2. The van der Waals surface area contributed by atoms with Crippen molar-refractivity contribution >= 4 is 34.8 Å². The lowest BCUT2D eigenvalue weighted by molar-refractivity contribution is -0.138. The number of amides is 2. The van der Waals surface area contributed by atoms with Gasteiger partial charge in [-0.05, 0) is 37.1 Å². The lowest BCUT2D eigenvalue weighted by atomic mass is 10.0. The molecule has 0 spiro atoms. The second kappa shape index (κ2) is 6.79. The van der Waals surface area contributed by atoms with Crippen molar-refractivity contribution in [3.63, 3.8) is 0 Å². The molecule has 1 atom stereocenters. The molecule has 2 aromatic carbocycles. The SMILES string of the molecule is Cc1cccc(C)c1NC(=O)C(=O)[C@@H]1C(=O)N(c2ccccc2)N=C1N. The highest BCUT2D eigenvalue weighted by atomic mass is 16.2. The molecular formula is C19H18N4O3. The van der Waals surface area contributed by atoms with Gasteiger partial charge in [0.05, 0.1) is 5.69 Å². The maximum absolute atomic E-state index is 12.6. The van der Waals surface area contributed by atoms with Crippen molar-refractivity contribution < 1.29 is 14.4 Å². The molecule has 0 bridgehead atoms. The van der Waals surface area contributed by atoms with Gasteiger partial charge in [0, 0.05) is 5.69 Å². The smallest absolute Gasteiger partial charge is 0.293 e. The first-order valence-electron chi connectivity index (χ1n) is 8.04. The van der Waals surface area contributed by atoms with Gasteiger partial charge >= 0.3 is 0 Å². The number of carbonyl (C=O) groups is 3. The number of benzene rings is 2. The van der Waals surface area contributed by atoms with Crippen molar-refractivity contribution in [3.05, 3.63) is 59.7 Å². The molecule has 1 heterocycles. The number of para-hydroxylation sites is 2. The van der Waals surface area contributed by atoms with Crippen LogP contribution in [-0.2, 0) is 14.4 Å². The third-order valence-corrected chi connectivity index (χ3v) is 4.17. The molecule has 1 aliphatic heterocycles. The number of hydrazone groups is 1. The second-order valence-electron chi connectivity index (χ2n) is 6.03. The number of anilines is 2. The number of amidine groups is 1. The molecule has 2 amide bonds. The first kappa shape index (κ1) is 17.3. The molecule has 0 aliphatic carbocycles. The Kier molecular flexibility index (Phi) is 4.53. The molecule has 3 rings (SSSR count). The molecule has 0 fully saturated rings.